The molecule has 0 aromatic heterocycles. The molecule has 1 aromatic carbocycles. The van der Waals surface area contributed by atoms with Crippen molar-refractivity contribution in [3.63, 3.8) is 0 Å². The van der Waals surface area contributed by atoms with E-state index in [4.69, 9.17) is 16.3 Å². The molecule has 2 rings (SSSR count). The van der Waals surface area contributed by atoms with E-state index in [0.29, 0.717) is 30.4 Å². The zero-order chi connectivity index (χ0) is 18.9. The van der Waals surface area contributed by atoms with Gasteiger partial charge in [0.25, 0.3) is 11.8 Å². The molecule has 0 atom stereocenters. The Hall–Kier alpha value is -1.79. The van der Waals surface area contributed by atoms with Crippen LogP contribution in [0, 0.1) is 6.92 Å². The van der Waals surface area contributed by atoms with E-state index in [-0.39, 0.29) is 18.4 Å². The van der Waals surface area contributed by atoms with E-state index in [2.05, 4.69) is 12.2 Å². The highest BCUT2D eigenvalue weighted by atomic mass is 35.5. The summed E-state index contributed by atoms with van der Waals surface area (Å²) < 4.78 is 5.58. The van der Waals surface area contributed by atoms with Crippen molar-refractivity contribution in [3.05, 3.63) is 28.8 Å². The number of unbranched alkanes of at least 4 members (excludes halogenated alkanes) is 1. The first-order valence-corrected chi connectivity index (χ1v) is 9.64. The lowest BCUT2D eigenvalue weighted by Crippen LogP contribution is -3.15. The number of aryl methyl sites for hydroxylation is 1. The Balaban J connectivity index is 1.69. The van der Waals surface area contributed by atoms with E-state index < -0.39 is 0 Å². The van der Waals surface area contributed by atoms with Crippen molar-refractivity contribution in [1.82, 2.24) is 10.2 Å². The lowest BCUT2D eigenvalue weighted by atomic mass is 10.2. The Labute approximate surface area is 160 Å². The predicted octanol–water partition coefficient (Wildman–Crippen LogP) is 0.671. The maximum atomic E-state index is 12.3. The topological polar surface area (TPSA) is 63.1 Å². The van der Waals surface area contributed by atoms with Gasteiger partial charge in [-0.3, -0.25) is 9.59 Å². The summed E-state index contributed by atoms with van der Waals surface area (Å²) in [6, 6.07) is 5.36. The van der Waals surface area contributed by atoms with Gasteiger partial charge < -0.3 is 19.9 Å². The summed E-state index contributed by atoms with van der Waals surface area (Å²) in [6.45, 7) is 8.12. The molecule has 2 amide bonds. The molecular formula is C19H29ClN3O3+. The van der Waals surface area contributed by atoms with Crippen LogP contribution >= 0.6 is 11.6 Å². The molecular weight excluding hydrogens is 354 g/mol. The largest absolute Gasteiger partial charge is 0.484 e. The third kappa shape index (κ3) is 6.50. The van der Waals surface area contributed by atoms with E-state index in [1.54, 1.807) is 17.0 Å². The third-order valence-electron chi connectivity index (χ3n) is 4.58. The molecule has 0 radical (unpaired) electrons. The van der Waals surface area contributed by atoms with Crippen molar-refractivity contribution in [1.29, 1.82) is 0 Å². The molecule has 144 valence electrons. The second-order valence-corrected chi connectivity index (χ2v) is 7.12. The number of benzene rings is 1. The highest BCUT2D eigenvalue weighted by molar-refractivity contribution is 6.31. The zero-order valence-corrected chi connectivity index (χ0v) is 16.4. The number of hydrogen-bond donors (Lipinski definition) is 2. The SMILES string of the molecule is CCCCNC(=O)C[NH+]1CCN(C(=O)COc2ccc(Cl)c(C)c2)CC1. The number of carbonyl (C=O) groups excluding carboxylic acids is 2. The average molecular weight is 383 g/mol. The summed E-state index contributed by atoms with van der Waals surface area (Å²) in [5, 5.41) is 3.62. The maximum Gasteiger partial charge on any atom is 0.275 e. The van der Waals surface area contributed by atoms with Crippen LogP contribution in [0.1, 0.15) is 25.3 Å². The van der Waals surface area contributed by atoms with Gasteiger partial charge in [0.15, 0.2) is 13.2 Å². The lowest BCUT2D eigenvalue weighted by Gasteiger charge is -2.31. The third-order valence-corrected chi connectivity index (χ3v) is 5.00. The van der Waals surface area contributed by atoms with E-state index in [0.717, 1.165) is 38.0 Å². The molecule has 7 heteroatoms. The number of ether oxygens (including phenoxy) is 1. The molecule has 1 saturated heterocycles. The van der Waals surface area contributed by atoms with Crippen molar-refractivity contribution in [2.75, 3.05) is 45.9 Å². The molecule has 1 fully saturated rings. The molecule has 1 aromatic rings. The number of nitrogens with one attached hydrogen (secondary N) is 2. The molecule has 0 bridgehead atoms. The molecule has 0 saturated carbocycles. The zero-order valence-electron chi connectivity index (χ0n) is 15.6. The number of nitrogens with zero attached hydrogens (tertiary/aromatic N) is 1. The number of hydrogen-bond acceptors (Lipinski definition) is 3. The summed E-state index contributed by atoms with van der Waals surface area (Å²) in [5.74, 6) is 0.715. The van der Waals surface area contributed by atoms with Crippen LogP contribution in [0.2, 0.25) is 5.02 Å². The van der Waals surface area contributed by atoms with Gasteiger partial charge in [0.05, 0.1) is 26.2 Å². The molecule has 1 heterocycles. The van der Waals surface area contributed by atoms with Gasteiger partial charge in [-0.05, 0) is 37.1 Å². The van der Waals surface area contributed by atoms with Crippen molar-refractivity contribution in [2.24, 2.45) is 0 Å². The van der Waals surface area contributed by atoms with Gasteiger partial charge in [-0.2, -0.15) is 0 Å². The molecule has 1 aliphatic rings. The summed E-state index contributed by atoms with van der Waals surface area (Å²) in [7, 11) is 0. The van der Waals surface area contributed by atoms with Gasteiger partial charge in [-0.15, -0.1) is 0 Å². The quantitative estimate of drug-likeness (QED) is 0.650. The Morgan fingerprint density at radius 3 is 2.69 bits per heavy atom. The van der Waals surface area contributed by atoms with Gasteiger partial charge >= 0.3 is 0 Å². The number of quaternary nitrogens is 1. The lowest BCUT2D eigenvalue weighted by molar-refractivity contribution is -0.896. The average Bonchev–Trinajstić information content (AvgIpc) is 2.63. The molecule has 26 heavy (non-hydrogen) atoms. The molecule has 0 aliphatic carbocycles. The van der Waals surface area contributed by atoms with Gasteiger partial charge in [0.2, 0.25) is 0 Å². The Morgan fingerprint density at radius 2 is 2.04 bits per heavy atom. The fourth-order valence-electron chi connectivity index (χ4n) is 2.89. The highest BCUT2D eigenvalue weighted by Gasteiger charge is 2.25. The summed E-state index contributed by atoms with van der Waals surface area (Å²) in [6.07, 6.45) is 2.09. The monoisotopic (exact) mass is 382 g/mol. The predicted molar refractivity (Wildman–Crippen MR) is 102 cm³/mol. The number of rotatable bonds is 8. The second-order valence-electron chi connectivity index (χ2n) is 6.71. The van der Waals surface area contributed by atoms with Crippen LogP contribution in [-0.2, 0) is 9.59 Å². The van der Waals surface area contributed by atoms with Gasteiger partial charge in [0, 0.05) is 11.6 Å². The minimum absolute atomic E-state index is 0.0217. The Morgan fingerprint density at radius 1 is 1.31 bits per heavy atom. The van der Waals surface area contributed by atoms with Crippen molar-refractivity contribution < 1.29 is 19.2 Å². The summed E-state index contributed by atoms with van der Waals surface area (Å²) in [5.41, 5.74) is 0.922. The van der Waals surface area contributed by atoms with Crippen LogP contribution in [0.3, 0.4) is 0 Å². The molecule has 2 N–H and O–H groups in total. The first kappa shape index (κ1) is 20.5. The van der Waals surface area contributed by atoms with Crippen molar-refractivity contribution in [3.8, 4) is 5.75 Å². The summed E-state index contributed by atoms with van der Waals surface area (Å²) in [4.78, 5) is 27.2. The van der Waals surface area contributed by atoms with Gasteiger partial charge in [-0.25, -0.2) is 0 Å². The van der Waals surface area contributed by atoms with Crippen LogP contribution in [0.5, 0.6) is 5.75 Å². The second kappa shape index (κ2) is 10.4. The van der Waals surface area contributed by atoms with E-state index in [9.17, 15) is 9.59 Å². The molecule has 0 unspecified atom stereocenters. The Kier molecular flexibility index (Phi) is 8.19. The molecule has 0 spiro atoms. The van der Waals surface area contributed by atoms with Crippen molar-refractivity contribution >= 4 is 23.4 Å². The number of halogens is 1. The normalized spacial score (nSPS) is 15.0. The first-order chi connectivity index (χ1) is 12.5. The van der Waals surface area contributed by atoms with Crippen LogP contribution in [0.25, 0.3) is 0 Å². The van der Waals surface area contributed by atoms with Crippen LogP contribution in [-0.4, -0.2) is 62.6 Å². The molecule has 6 nitrogen and oxygen atoms in total. The van der Waals surface area contributed by atoms with Crippen LogP contribution < -0.4 is 15.0 Å². The fraction of sp³-hybridized carbons (Fsp3) is 0.579. The fourth-order valence-corrected chi connectivity index (χ4v) is 3.00. The smallest absolute Gasteiger partial charge is 0.275 e. The maximum absolute atomic E-state index is 12.3. The standard InChI is InChI=1S/C19H28ClN3O3/c1-3-4-7-21-18(24)13-22-8-10-23(11-9-22)19(25)14-26-16-5-6-17(20)15(2)12-16/h5-6,12H,3-4,7-11,13-14H2,1-2H3,(H,21,24)/p+1. The van der Waals surface area contributed by atoms with Gasteiger partial charge in [0.1, 0.15) is 5.75 Å². The Bertz CT molecular complexity index is 616. The summed E-state index contributed by atoms with van der Waals surface area (Å²) >= 11 is 5.99. The van der Waals surface area contributed by atoms with Crippen LogP contribution in [0.4, 0.5) is 0 Å². The van der Waals surface area contributed by atoms with Crippen LogP contribution in [0.15, 0.2) is 18.2 Å². The number of amides is 2. The van der Waals surface area contributed by atoms with E-state index >= 15 is 0 Å². The van der Waals surface area contributed by atoms with Crippen molar-refractivity contribution in [2.45, 2.75) is 26.7 Å². The molecule has 1 aliphatic heterocycles. The number of carbonyl (C=O) groups is 2. The first-order valence-electron chi connectivity index (χ1n) is 9.26. The minimum Gasteiger partial charge on any atom is -0.484 e. The highest BCUT2D eigenvalue weighted by Crippen LogP contribution is 2.20. The van der Waals surface area contributed by atoms with Gasteiger partial charge in [-0.1, -0.05) is 24.9 Å². The van der Waals surface area contributed by atoms with E-state index in [1.807, 2.05) is 13.0 Å². The van der Waals surface area contributed by atoms with E-state index in [1.165, 1.54) is 4.90 Å². The number of piperazine rings is 1. The minimum atomic E-state index is -0.0240.